The van der Waals surface area contributed by atoms with Gasteiger partial charge in [0.1, 0.15) is 24.8 Å². The molecule has 0 saturated carbocycles. The molecule has 0 N–H and O–H groups in total. The standard InChI is InChI=1S/C27H44FN2.HI/c1-3-4-5-6-7-8-9-10-11-12-13-14-15-16-20-29-21-22-30(25(29)2)24-26-18-17-19-27(28)23-26;/h17-19,21-23H,3-16,20,24H2,1-2H3;1H/q+1;/p-1. The van der Waals surface area contributed by atoms with E-state index < -0.39 is 0 Å². The molecular weight excluding hydrogens is 498 g/mol. The fourth-order valence-electron chi connectivity index (χ4n) is 4.25. The molecule has 0 fully saturated rings. The van der Waals surface area contributed by atoms with E-state index in [1.54, 1.807) is 12.1 Å². The van der Waals surface area contributed by atoms with Crippen molar-refractivity contribution in [2.24, 2.45) is 0 Å². The summed E-state index contributed by atoms with van der Waals surface area (Å²) in [5, 5.41) is 0. The van der Waals surface area contributed by atoms with Crippen molar-refractivity contribution in [2.75, 3.05) is 0 Å². The molecule has 0 amide bonds. The lowest BCUT2D eigenvalue weighted by Gasteiger charge is -2.04. The third-order valence-corrected chi connectivity index (χ3v) is 6.25. The first-order valence-corrected chi connectivity index (χ1v) is 12.5. The monoisotopic (exact) mass is 542 g/mol. The molecule has 0 unspecified atom stereocenters. The Morgan fingerprint density at radius 2 is 1.35 bits per heavy atom. The van der Waals surface area contributed by atoms with Crippen LogP contribution in [0.5, 0.6) is 0 Å². The van der Waals surface area contributed by atoms with E-state index in [-0.39, 0.29) is 29.8 Å². The maximum Gasteiger partial charge on any atom is 0.253 e. The zero-order chi connectivity index (χ0) is 21.4. The Kier molecular flexibility index (Phi) is 16.0. The van der Waals surface area contributed by atoms with Crippen LogP contribution < -0.4 is 28.5 Å². The summed E-state index contributed by atoms with van der Waals surface area (Å²) in [5.41, 5.74) is 1.01. The Morgan fingerprint density at radius 3 is 1.90 bits per heavy atom. The summed E-state index contributed by atoms with van der Waals surface area (Å²) in [7, 11) is 0. The van der Waals surface area contributed by atoms with Crippen LogP contribution in [-0.2, 0) is 13.1 Å². The Bertz CT molecular complexity index is 698. The molecule has 2 aromatic rings. The molecule has 176 valence electrons. The van der Waals surface area contributed by atoms with Crippen LogP contribution in [0.2, 0.25) is 0 Å². The summed E-state index contributed by atoms with van der Waals surface area (Å²) in [6.45, 7) is 6.26. The van der Waals surface area contributed by atoms with Crippen LogP contribution in [0.15, 0.2) is 36.7 Å². The first-order chi connectivity index (χ1) is 14.7. The number of aromatic nitrogens is 2. The Hall–Kier alpha value is -0.910. The van der Waals surface area contributed by atoms with Crippen LogP contribution in [-0.4, -0.2) is 4.57 Å². The molecule has 0 atom stereocenters. The Balaban J connectivity index is 0.00000480. The van der Waals surface area contributed by atoms with Crippen molar-refractivity contribution in [3.05, 3.63) is 53.9 Å². The highest BCUT2D eigenvalue weighted by Gasteiger charge is 2.12. The quantitative estimate of drug-likeness (QED) is 0.155. The summed E-state index contributed by atoms with van der Waals surface area (Å²) in [6, 6.07) is 6.89. The van der Waals surface area contributed by atoms with E-state index in [9.17, 15) is 4.39 Å². The molecule has 0 spiro atoms. The highest BCUT2D eigenvalue weighted by Crippen LogP contribution is 2.13. The summed E-state index contributed by atoms with van der Waals surface area (Å²) in [4.78, 5) is 0. The smallest absolute Gasteiger partial charge is 0.253 e. The van der Waals surface area contributed by atoms with Crippen molar-refractivity contribution in [3.8, 4) is 0 Å². The molecular formula is C27H44FIN2. The number of halogens is 2. The van der Waals surface area contributed by atoms with Crippen LogP contribution in [0.1, 0.15) is 108 Å². The highest BCUT2D eigenvalue weighted by molar-refractivity contribution is 5.15. The summed E-state index contributed by atoms with van der Waals surface area (Å²) >= 11 is 0. The number of imidazole rings is 1. The van der Waals surface area contributed by atoms with Gasteiger partial charge in [-0.3, -0.25) is 0 Å². The van der Waals surface area contributed by atoms with Gasteiger partial charge in [0, 0.05) is 6.92 Å². The van der Waals surface area contributed by atoms with Crippen LogP contribution in [0, 0.1) is 12.7 Å². The van der Waals surface area contributed by atoms with E-state index in [0.29, 0.717) is 0 Å². The number of aryl methyl sites for hydroxylation is 1. The second kappa shape index (κ2) is 17.6. The minimum Gasteiger partial charge on any atom is -1.00 e. The van der Waals surface area contributed by atoms with E-state index in [1.165, 1.54) is 102 Å². The van der Waals surface area contributed by atoms with Crippen molar-refractivity contribution < 1.29 is 32.9 Å². The number of hydrogen-bond acceptors (Lipinski definition) is 0. The summed E-state index contributed by atoms with van der Waals surface area (Å²) in [6.07, 6.45) is 23.8. The van der Waals surface area contributed by atoms with E-state index in [1.807, 2.05) is 6.07 Å². The average molecular weight is 543 g/mol. The maximum atomic E-state index is 13.4. The molecule has 0 saturated heterocycles. The normalized spacial score (nSPS) is 10.9. The summed E-state index contributed by atoms with van der Waals surface area (Å²) < 4.78 is 17.9. The molecule has 1 aromatic heterocycles. The van der Waals surface area contributed by atoms with Gasteiger partial charge in [0.05, 0.1) is 6.54 Å². The van der Waals surface area contributed by atoms with E-state index in [0.717, 1.165) is 18.7 Å². The van der Waals surface area contributed by atoms with E-state index >= 15 is 0 Å². The van der Waals surface area contributed by atoms with Crippen LogP contribution >= 0.6 is 0 Å². The fourth-order valence-corrected chi connectivity index (χ4v) is 4.25. The van der Waals surface area contributed by atoms with Gasteiger partial charge in [-0.2, -0.15) is 0 Å². The second-order valence-electron chi connectivity index (χ2n) is 8.89. The van der Waals surface area contributed by atoms with E-state index in [4.69, 9.17) is 0 Å². The van der Waals surface area contributed by atoms with Gasteiger partial charge in [-0.15, -0.1) is 0 Å². The second-order valence-corrected chi connectivity index (χ2v) is 8.89. The third kappa shape index (κ3) is 12.1. The lowest BCUT2D eigenvalue weighted by atomic mass is 10.0. The van der Waals surface area contributed by atoms with Gasteiger partial charge in [-0.1, -0.05) is 96.1 Å². The predicted molar refractivity (Wildman–Crippen MR) is 125 cm³/mol. The fraction of sp³-hybridized carbons (Fsp3) is 0.667. The largest absolute Gasteiger partial charge is 1.00 e. The lowest BCUT2D eigenvalue weighted by molar-refractivity contribution is -0.694. The molecule has 1 heterocycles. The molecule has 0 radical (unpaired) electrons. The highest BCUT2D eigenvalue weighted by atomic mass is 127. The number of unbranched alkanes of at least 4 members (excludes halogenated alkanes) is 13. The van der Waals surface area contributed by atoms with E-state index in [2.05, 4.69) is 35.4 Å². The van der Waals surface area contributed by atoms with Gasteiger partial charge in [-0.25, -0.2) is 13.5 Å². The van der Waals surface area contributed by atoms with Gasteiger partial charge < -0.3 is 24.0 Å². The molecule has 31 heavy (non-hydrogen) atoms. The van der Waals surface area contributed by atoms with Gasteiger partial charge in [0.25, 0.3) is 5.82 Å². The predicted octanol–water partition coefficient (Wildman–Crippen LogP) is 4.76. The van der Waals surface area contributed by atoms with Gasteiger partial charge in [0.15, 0.2) is 0 Å². The minimum atomic E-state index is -0.160. The number of rotatable bonds is 17. The van der Waals surface area contributed by atoms with Crippen LogP contribution in [0.4, 0.5) is 4.39 Å². The zero-order valence-corrected chi connectivity index (χ0v) is 22.1. The van der Waals surface area contributed by atoms with Gasteiger partial charge in [0.2, 0.25) is 0 Å². The number of benzene rings is 1. The molecule has 2 rings (SSSR count). The first-order valence-electron chi connectivity index (χ1n) is 12.5. The molecule has 1 aromatic carbocycles. The van der Waals surface area contributed by atoms with Gasteiger partial charge in [-0.05, 0) is 30.5 Å². The first kappa shape index (κ1) is 28.1. The maximum absolute atomic E-state index is 13.4. The topological polar surface area (TPSA) is 8.81 Å². The SMILES string of the molecule is CCCCCCCCCCCCCCCCn1cc[n+](Cc2cccc(F)c2)c1C.[I-]. The Morgan fingerprint density at radius 1 is 0.806 bits per heavy atom. The summed E-state index contributed by atoms with van der Waals surface area (Å²) in [5.74, 6) is 1.08. The molecule has 0 aliphatic rings. The molecule has 2 nitrogen and oxygen atoms in total. The minimum absolute atomic E-state index is 0. The number of nitrogens with zero attached hydrogens (tertiary/aromatic N) is 2. The van der Waals surface area contributed by atoms with Crippen LogP contribution in [0.25, 0.3) is 0 Å². The number of hydrogen-bond donors (Lipinski definition) is 0. The third-order valence-electron chi connectivity index (χ3n) is 6.25. The van der Waals surface area contributed by atoms with Crippen LogP contribution in [0.3, 0.4) is 0 Å². The van der Waals surface area contributed by atoms with Crippen molar-refractivity contribution in [1.82, 2.24) is 4.57 Å². The lowest BCUT2D eigenvalue weighted by Crippen LogP contribution is -3.00. The molecule has 4 heteroatoms. The Labute approximate surface area is 207 Å². The molecule has 0 aliphatic carbocycles. The van der Waals surface area contributed by atoms with Crippen molar-refractivity contribution in [2.45, 2.75) is 117 Å². The van der Waals surface area contributed by atoms with Crippen molar-refractivity contribution >= 4 is 0 Å². The van der Waals surface area contributed by atoms with Crippen molar-refractivity contribution in [3.63, 3.8) is 0 Å². The zero-order valence-electron chi connectivity index (χ0n) is 19.9. The van der Waals surface area contributed by atoms with Crippen molar-refractivity contribution in [1.29, 1.82) is 0 Å². The average Bonchev–Trinajstić information content (AvgIpc) is 3.08. The van der Waals surface area contributed by atoms with Gasteiger partial charge >= 0.3 is 0 Å². The molecule has 0 aliphatic heterocycles. The molecule has 0 bridgehead atoms.